The molecular weight excluding hydrogens is 396 g/mol. The van der Waals surface area contributed by atoms with Gasteiger partial charge in [-0.2, -0.15) is 5.10 Å². The molecule has 2 aromatic carbocycles. The van der Waals surface area contributed by atoms with Crippen molar-refractivity contribution in [3.8, 4) is 5.75 Å². The maximum absolute atomic E-state index is 11.9. The third-order valence-corrected chi connectivity index (χ3v) is 4.80. The van der Waals surface area contributed by atoms with Crippen molar-refractivity contribution < 1.29 is 19.1 Å². The third-order valence-electron chi connectivity index (χ3n) is 4.80. The molecule has 0 saturated carbocycles. The summed E-state index contributed by atoms with van der Waals surface area (Å²) in [5, 5.41) is 6.64. The average Bonchev–Trinajstić information content (AvgIpc) is 3.33. The quantitative estimate of drug-likeness (QED) is 0.382. The van der Waals surface area contributed by atoms with E-state index >= 15 is 0 Å². The van der Waals surface area contributed by atoms with E-state index in [0.717, 1.165) is 24.8 Å². The van der Waals surface area contributed by atoms with E-state index in [1.807, 2.05) is 30.3 Å². The molecule has 8 nitrogen and oxygen atoms in total. The number of rotatable bonds is 8. The molecule has 0 spiro atoms. The highest BCUT2D eigenvalue weighted by atomic mass is 16.5. The van der Waals surface area contributed by atoms with Crippen molar-refractivity contribution in [1.29, 1.82) is 0 Å². The largest absolute Gasteiger partial charge is 0.484 e. The van der Waals surface area contributed by atoms with Crippen molar-refractivity contribution in [3.63, 3.8) is 0 Å². The van der Waals surface area contributed by atoms with E-state index in [-0.39, 0.29) is 12.5 Å². The first kappa shape index (κ1) is 22.0. The van der Waals surface area contributed by atoms with Crippen LogP contribution in [0.1, 0.15) is 24.0 Å². The van der Waals surface area contributed by atoms with Crippen molar-refractivity contribution >= 4 is 23.9 Å². The fourth-order valence-electron chi connectivity index (χ4n) is 3.12. The molecule has 1 heterocycles. The Morgan fingerprint density at radius 3 is 2.42 bits per heavy atom. The van der Waals surface area contributed by atoms with E-state index in [0.29, 0.717) is 30.9 Å². The van der Waals surface area contributed by atoms with Gasteiger partial charge < -0.3 is 15.0 Å². The number of carbonyl (C=O) groups is 3. The molecule has 0 bridgehead atoms. The van der Waals surface area contributed by atoms with Gasteiger partial charge in [0.1, 0.15) is 5.75 Å². The highest BCUT2D eigenvalue weighted by Crippen LogP contribution is 2.11. The summed E-state index contributed by atoms with van der Waals surface area (Å²) < 4.78 is 5.48. The van der Waals surface area contributed by atoms with E-state index in [2.05, 4.69) is 15.8 Å². The molecular formula is C23H26N4O4. The molecule has 1 aliphatic heterocycles. The normalized spacial score (nSPS) is 13.2. The Bertz CT molecular complexity index is 907. The number of hydrazone groups is 1. The first-order valence-corrected chi connectivity index (χ1v) is 10.3. The number of ether oxygens (including phenoxy) is 1. The second kappa shape index (κ2) is 11.5. The molecule has 31 heavy (non-hydrogen) atoms. The second-order valence-corrected chi connectivity index (χ2v) is 7.14. The minimum absolute atomic E-state index is 0.0725. The SMILES string of the molecule is O=C(COc1ccc(C=NNC(=O)C(=O)N2CCCC2)cc1)NCCc1ccccc1. The van der Waals surface area contributed by atoms with E-state index in [1.54, 1.807) is 24.3 Å². The van der Waals surface area contributed by atoms with E-state index in [4.69, 9.17) is 4.74 Å². The Morgan fingerprint density at radius 1 is 1.00 bits per heavy atom. The van der Waals surface area contributed by atoms with Crippen LogP contribution < -0.4 is 15.5 Å². The van der Waals surface area contributed by atoms with Crippen molar-refractivity contribution in [1.82, 2.24) is 15.6 Å². The Balaban J connectivity index is 1.35. The fraction of sp³-hybridized carbons (Fsp3) is 0.304. The summed E-state index contributed by atoms with van der Waals surface area (Å²) in [6.45, 7) is 1.70. The van der Waals surface area contributed by atoms with Gasteiger partial charge in [-0.15, -0.1) is 0 Å². The number of nitrogens with one attached hydrogen (secondary N) is 2. The predicted molar refractivity (Wildman–Crippen MR) is 117 cm³/mol. The van der Waals surface area contributed by atoms with Crippen LogP contribution in [0.5, 0.6) is 5.75 Å². The number of hydrogen-bond donors (Lipinski definition) is 2. The zero-order chi connectivity index (χ0) is 21.9. The number of amides is 3. The van der Waals surface area contributed by atoms with Crippen LogP contribution in [0.15, 0.2) is 59.7 Å². The topological polar surface area (TPSA) is 100 Å². The molecule has 1 fully saturated rings. The van der Waals surface area contributed by atoms with Crippen LogP contribution in [0.2, 0.25) is 0 Å². The molecule has 1 saturated heterocycles. The number of nitrogens with zero attached hydrogens (tertiary/aromatic N) is 2. The number of hydrogen-bond acceptors (Lipinski definition) is 5. The molecule has 8 heteroatoms. The van der Waals surface area contributed by atoms with Crippen LogP contribution in [-0.2, 0) is 20.8 Å². The first-order chi connectivity index (χ1) is 15.1. The first-order valence-electron chi connectivity index (χ1n) is 10.3. The van der Waals surface area contributed by atoms with E-state index in [1.165, 1.54) is 11.1 Å². The van der Waals surface area contributed by atoms with Gasteiger partial charge in [0.25, 0.3) is 5.91 Å². The van der Waals surface area contributed by atoms with Gasteiger partial charge in [0.15, 0.2) is 6.61 Å². The minimum atomic E-state index is -0.739. The maximum Gasteiger partial charge on any atom is 0.329 e. The van der Waals surface area contributed by atoms with Gasteiger partial charge in [-0.25, -0.2) is 5.43 Å². The van der Waals surface area contributed by atoms with Gasteiger partial charge in [0, 0.05) is 19.6 Å². The van der Waals surface area contributed by atoms with E-state index in [9.17, 15) is 14.4 Å². The minimum Gasteiger partial charge on any atom is -0.484 e. The van der Waals surface area contributed by atoms with Crippen LogP contribution in [-0.4, -0.2) is 55.1 Å². The molecule has 1 aliphatic rings. The van der Waals surface area contributed by atoms with Gasteiger partial charge in [0.2, 0.25) is 0 Å². The highest BCUT2D eigenvalue weighted by Gasteiger charge is 2.23. The monoisotopic (exact) mass is 422 g/mol. The molecule has 3 rings (SSSR count). The zero-order valence-corrected chi connectivity index (χ0v) is 17.3. The number of carbonyl (C=O) groups excluding carboxylic acids is 3. The lowest BCUT2D eigenvalue weighted by Crippen LogP contribution is -2.39. The zero-order valence-electron chi connectivity index (χ0n) is 17.3. The summed E-state index contributed by atoms with van der Waals surface area (Å²) in [7, 11) is 0. The van der Waals surface area contributed by atoms with Crippen molar-refractivity contribution in [3.05, 3.63) is 65.7 Å². The Hall–Kier alpha value is -3.68. The summed E-state index contributed by atoms with van der Waals surface area (Å²) in [4.78, 5) is 37.1. The van der Waals surface area contributed by atoms with Crippen molar-refractivity contribution in [2.75, 3.05) is 26.2 Å². The lowest BCUT2D eigenvalue weighted by Gasteiger charge is -2.12. The Morgan fingerprint density at radius 2 is 1.71 bits per heavy atom. The van der Waals surface area contributed by atoms with Crippen LogP contribution in [0.25, 0.3) is 0 Å². The lowest BCUT2D eigenvalue weighted by atomic mass is 10.1. The molecule has 2 aromatic rings. The summed E-state index contributed by atoms with van der Waals surface area (Å²) >= 11 is 0. The van der Waals surface area contributed by atoms with E-state index < -0.39 is 11.8 Å². The van der Waals surface area contributed by atoms with Gasteiger partial charge in [-0.3, -0.25) is 14.4 Å². The standard InChI is InChI=1S/C23H26N4O4/c28-21(24-13-12-18-6-2-1-3-7-18)17-31-20-10-8-19(9-11-20)16-25-26-22(29)23(30)27-14-4-5-15-27/h1-3,6-11,16H,4-5,12-15,17H2,(H,24,28)(H,26,29). The van der Waals surface area contributed by atoms with Crippen molar-refractivity contribution in [2.24, 2.45) is 5.10 Å². The fourth-order valence-corrected chi connectivity index (χ4v) is 3.12. The molecule has 0 unspecified atom stereocenters. The van der Waals surface area contributed by atoms with Crippen LogP contribution >= 0.6 is 0 Å². The molecule has 0 aromatic heterocycles. The molecule has 0 aliphatic carbocycles. The summed E-state index contributed by atoms with van der Waals surface area (Å²) in [6, 6.07) is 16.8. The number of benzene rings is 2. The molecule has 0 radical (unpaired) electrons. The lowest BCUT2D eigenvalue weighted by molar-refractivity contribution is -0.145. The predicted octanol–water partition coefficient (Wildman–Crippen LogP) is 1.50. The molecule has 0 atom stereocenters. The van der Waals surface area contributed by atoms with Gasteiger partial charge in [-0.05, 0) is 54.7 Å². The average molecular weight is 422 g/mol. The summed E-state index contributed by atoms with van der Waals surface area (Å²) in [6.07, 6.45) is 4.05. The Kier molecular flexibility index (Phi) is 8.16. The summed E-state index contributed by atoms with van der Waals surface area (Å²) in [5.74, 6) is -0.938. The third kappa shape index (κ3) is 7.26. The van der Waals surface area contributed by atoms with Gasteiger partial charge in [-0.1, -0.05) is 30.3 Å². The molecule has 3 amide bonds. The van der Waals surface area contributed by atoms with Crippen molar-refractivity contribution in [2.45, 2.75) is 19.3 Å². The van der Waals surface area contributed by atoms with Crippen LogP contribution in [0, 0.1) is 0 Å². The second-order valence-electron chi connectivity index (χ2n) is 7.14. The van der Waals surface area contributed by atoms with Crippen LogP contribution in [0.4, 0.5) is 0 Å². The van der Waals surface area contributed by atoms with Crippen LogP contribution in [0.3, 0.4) is 0 Å². The molecule has 2 N–H and O–H groups in total. The number of likely N-dealkylation sites (tertiary alicyclic amines) is 1. The Labute approximate surface area is 181 Å². The summed E-state index contributed by atoms with van der Waals surface area (Å²) in [5.41, 5.74) is 4.13. The smallest absolute Gasteiger partial charge is 0.329 e. The van der Waals surface area contributed by atoms with Gasteiger partial charge in [0.05, 0.1) is 6.21 Å². The van der Waals surface area contributed by atoms with Gasteiger partial charge >= 0.3 is 11.8 Å². The molecule has 162 valence electrons. The highest BCUT2D eigenvalue weighted by molar-refractivity contribution is 6.35. The maximum atomic E-state index is 11.9.